The number of nitro groups is 1. The van der Waals surface area contributed by atoms with Gasteiger partial charge < -0.3 is 15.5 Å². The molecule has 6 nitrogen and oxygen atoms in total. The molecule has 1 aliphatic heterocycles. The van der Waals surface area contributed by atoms with E-state index in [2.05, 4.69) is 10.6 Å². The number of allylic oxidation sites excluding steroid dienone is 1. The molecule has 138 valence electrons. The van der Waals surface area contributed by atoms with Crippen LogP contribution < -0.4 is 10.6 Å². The van der Waals surface area contributed by atoms with Crippen molar-refractivity contribution >= 4 is 45.9 Å². The fourth-order valence-electron chi connectivity index (χ4n) is 2.92. The Hall–Kier alpha value is -2.84. The van der Waals surface area contributed by atoms with Gasteiger partial charge in [-0.25, -0.2) is 0 Å². The van der Waals surface area contributed by atoms with Crippen molar-refractivity contribution in [2.75, 3.05) is 12.4 Å². The minimum absolute atomic E-state index is 0.0260. The van der Waals surface area contributed by atoms with E-state index in [0.717, 1.165) is 22.5 Å². The molecule has 1 unspecified atom stereocenters. The molecule has 2 N–H and O–H groups in total. The normalized spacial score (nSPS) is 16.7. The molecule has 0 fully saturated rings. The van der Waals surface area contributed by atoms with Gasteiger partial charge in [0.25, 0.3) is 5.69 Å². The van der Waals surface area contributed by atoms with Crippen molar-refractivity contribution in [3.8, 4) is 0 Å². The minimum Gasteiger partial charge on any atom is -0.351 e. The Morgan fingerprint density at radius 3 is 2.59 bits per heavy atom. The standard InChI is InChI=1S/C19H18N4O2S2/c1-12-16(18(26)20-14-8-4-3-5-9-14)17(21-19(27)22(12)2)13-7-6-10-15(11-13)23(24)25/h3-11,17H,1-2H3,(H,20,26)(H,21,27). The molecule has 0 bridgehead atoms. The molecule has 2 aromatic rings. The maximum Gasteiger partial charge on any atom is 0.269 e. The Balaban J connectivity index is 2.03. The number of non-ortho nitro benzene ring substituents is 1. The van der Waals surface area contributed by atoms with Gasteiger partial charge in [-0.2, -0.15) is 0 Å². The summed E-state index contributed by atoms with van der Waals surface area (Å²) in [5.41, 5.74) is 3.34. The zero-order valence-corrected chi connectivity index (χ0v) is 16.4. The lowest BCUT2D eigenvalue weighted by Crippen LogP contribution is -2.46. The second-order valence-electron chi connectivity index (χ2n) is 6.11. The van der Waals surface area contributed by atoms with E-state index in [4.69, 9.17) is 24.4 Å². The smallest absolute Gasteiger partial charge is 0.269 e. The molecule has 0 spiro atoms. The maximum atomic E-state index is 11.2. The van der Waals surface area contributed by atoms with Gasteiger partial charge in [0.15, 0.2) is 5.11 Å². The van der Waals surface area contributed by atoms with Gasteiger partial charge in [0, 0.05) is 36.1 Å². The first-order chi connectivity index (χ1) is 12.9. The molecule has 0 amide bonds. The number of hydrogen-bond acceptors (Lipinski definition) is 4. The number of benzene rings is 2. The summed E-state index contributed by atoms with van der Waals surface area (Å²) in [6.07, 6.45) is 0. The first-order valence-electron chi connectivity index (χ1n) is 8.24. The van der Waals surface area contributed by atoms with Crippen molar-refractivity contribution in [3.63, 3.8) is 0 Å². The fourth-order valence-corrected chi connectivity index (χ4v) is 3.56. The van der Waals surface area contributed by atoms with Crippen molar-refractivity contribution in [1.29, 1.82) is 0 Å². The molecule has 1 atom stereocenters. The highest BCUT2D eigenvalue weighted by Crippen LogP contribution is 2.32. The van der Waals surface area contributed by atoms with Crippen LogP contribution in [0.1, 0.15) is 18.5 Å². The van der Waals surface area contributed by atoms with Gasteiger partial charge in [0.1, 0.15) is 4.99 Å². The number of para-hydroxylation sites is 1. The van der Waals surface area contributed by atoms with Crippen LogP contribution in [-0.4, -0.2) is 27.0 Å². The largest absolute Gasteiger partial charge is 0.351 e. The molecule has 2 aromatic carbocycles. The van der Waals surface area contributed by atoms with Gasteiger partial charge in [-0.05, 0) is 36.8 Å². The Bertz CT molecular complexity index is 944. The third kappa shape index (κ3) is 3.96. The van der Waals surface area contributed by atoms with Crippen LogP contribution in [0.25, 0.3) is 0 Å². The van der Waals surface area contributed by atoms with Gasteiger partial charge in [0.05, 0.1) is 11.0 Å². The summed E-state index contributed by atoms with van der Waals surface area (Å²) in [6.45, 7) is 1.94. The van der Waals surface area contributed by atoms with E-state index in [1.54, 1.807) is 12.1 Å². The molecule has 1 aliphatic rings. The van der Waals surface area contributed by atoms with Crippen LogP contribution in [0.2, 0.25) is 0 Å². The monoisotopic (exact) mass is 398 g/mol. The van der Waals surface area contributed by atoms with Gasteiger partial charge in [-0.15, -0.1) is 0 Å². The van der Waals surface area contributed by atoms with Crippen molar-refractivity contribution in [3.05, 3.63) is 81.5 Å². The molecule has 0 saturated carbocycles. The first-order valence-corrected chi connectivity index (χ1v) is 9.06. The number of anilines is 1. The molecule has 27 heavy (non-hydrogen) atoms. The molecule has 3 rings (SSSR count). The zero-order chi connectivity index (χ0) is 19.6. The summed E-state index contributed by atoms with van der Waals surface area (Å²) in [4.78, 5) is 13.1. The maximum absolute atomic E-state index is 11.2. The van der Waals surface area contributed by atoms with Crippen molar-refractivity contribution < 1.29 is 4.92 Å². The van der Waals surface area contributed by atoms with Crippen LogP contribution in [0.3, 0.4) is 0 Å². The lowest BCUT2D eigenvalue weighted by molar-refractivity contribution is -0.384. The molecular formula is C19H18N4O2S2. The van der Waals surface area contributed by atoms with Crippen LogP contribution in [0, 0.1) is 10.1 Å². The number of nitrogens with zero attached hydrogens (tertiary/aromatic N) is 2. The predicted octanol–water partition coefficient (Wildman–Crippen LogP) is 4.17. The predicted molar refractivity (Wildman–Crippen MR) is 115 cm³/mol. The van der Waals surface area contributed by atoms with E-state index >= 15 is 0 Å². The van der Waals surface area contributed by atoms with E-state index in [0.29, 0.717) is 10.1 Å². The average Bonchev–Trinajstić information content (AvgIpc) is 2.66. The van der Waals surface area contributed by atoms with Crippen molar-refractivity contribution in [1.82, 2.24) is 10.2 Å². The molecule has 0 saturated heterocycles. The summed E-state index contributed by atoms with van der Waals surface area (Å²) in [5.74, 6) is 0. The van der Waals surface area contributed by atoms with Gasteiger partial charge >= 0.3 is 0 Å². The van der Waals surface area contributed by atoms with E-state index in [1.807, 2.05) is 55.3 Å². The summed E-state index contributed by atoms with van der Waals surface area (Å²) < 4.78 is 0. The summed E-state index contributed by atoms with van der Waals surface area (Å²) in [6, 6.07) is 15.8. The van der Waals surface area contributed by atoms with Crippen LogP contribution in [-0.2, 0) is 0 Å². The van der Waals surface area contributed by atoms with Gasteiger partial charge in [-0.3, -0.25) is 10.1 Å². The molecule has 8 heteroatoms. The SMILES string of the molecule is CC1=C(C(=S)Nc2ccccc2)C(c2cccc([N+](=O)[O-])c2)NC(=S)N1C. The van der Waals surface area contributed by atoms with Crippen molar-refractivity contribution in [2.24, 2.45) is 0 Å². The number of thiocarbonyl (C=S) groups is 2. The van der Waals surface area contributed by atoms with Gasteiger partial charge in [-0.1, -0.05) is 42.5 Å². The number of rotatable bonds is 4. The van der Waals surface area contributed by atoms with E-state index in [1.165, 1.54) is 6.07 Å². The highest BCUT2D eigenvalue weighted by molar-refractivity contribution is 7.81. The van der Waals surface area contributed by atoms with Crippen LogP contribution >= 0.6 is 24.4 Å². The Kier molecular flexibility index (Phi) is 5.48. The zero-order valence-electron chi connectivity index (χ0n) is 14.8. The number of hydrogen-bond donors (Lipinski definition) is 2. The summed E-state index contributed by atoms with van der Waals surface area (Å²) in [7, 11) is 1.86. The third-order valence-electron chi connectivity index (χ3n) is 4.44. The molecule has 0 aromatic heterocycles. The average molecular weight is 399 g/mol. The summed E-state index contributed by atoms with van der Waals surface area (Å²) in [5, 5.41) is 18.2. The van der Waals surface area contributed by atoms with Crippen molar-refractivity contribution in [2.45, 2.75) is 13.0 Å². The Morgan fingerprint density at radius 1 is 1.22 bits per heavy atom. The second kappa shape index (κ2) is 7.81. The topological polar surface area (TPSA) is 70.4 Å². The van der Waals surface area contributed by atoms with Crippen LogP contribution in [0.15, 0.2) is 65.9 Å². The molecule has 1 heterocycles. The van der Waals surface area contributed by atoms with Crippen LogP contribution in [0.4, 0.5) is 11.4 Å². The fraction of sp³-hybridized carbons (Fsp3) is 0.158. The van der Waals surface area contributed by atoms with Gasteiger partial charge in [0.2, 0.25) is 0 Å². The molecular weight excluding hydrogens is 380 g/mol. The highest BCUT2D eigenvalue weighted by atomic mass is 32.1. The number of nitro benzene ring substituents is 1. The third-order valence-corrected chi connectivity index (χ3v) is 5.16. The van der Waals surface area contributed by atoms with E-state index in [9.17, 15) is 10.1 Å². The quantitative estimate of drug-likeness (QED) is 0.455. The van der Waals surface area contributed by atoms with E-state index < -0.39 is 4.92 Å². The number of nitrogens with one attached hydrogen (secondary N) is 2. The second-order valence-corrected chi connectivity index (χ2v) is 6.91. The first kappa shape index (κ1) is 18.9. The minimum atomic E-state index is -0.409. The van der Waals surface area contributed by atoms with Crippen LogP contribution in [0.5, 0.6) is 0 Å². The lowest BCUT2D eigenvalue weighted by Gasteiger charge is -2.36. The Morgan fingerprint density at radius 2 is 1.93 bits per heavy atom. The highest BCUT2D eigenvalue weighted by Gasteiger charge is 2.31. The molecule has 0 radical (unpaired) electrons. The molecule has 0 aliphatic carbocycles. The Labute approximate surface area is 168 Å². The lowest BCUT2D eigenvalue weighted by atomic mass is 9.94. The summed E-state index contributed by atoms with van der Waals surface area (Å²) >= 11 is 11.1. The van der Waals surface area contributed by atoms with E-state index in [-0.39, 0.29) is 11.7 Å².